The van der Waals surface area contributed by atoms with Crippen LogP contribution in [-0.2, 0) is 130 Å². The molecule has 0 spiro atoms. The number of aryl methyl sites for hydroxylation is 1. The van der Waals surface area contributed by atoms with Crippen LogP contribution in [0, 0.1) is 34.0 Å². The number of thioether (sulfide) groups is 2. The fourth-order valence-corrected chi connectivity index (χ4v) is 9.03. The molecule has 28 nitrogen and oxygen atoms in total. The van der Waals surface area contributed by atoms with E-state index < -0.39 is 148 Å². The molecule has 4 atom stereocenters. The van der Waals surface area contributed by atoms with Gasteiger partial charge in [0, 0.05) is 11.5 Å². The van der Waals surface area contributed by atoms with Gasteiger partial charge in [-0.15, -0.1) is 0 Å². The molecule has 101 heavy (non-hydrogen) atoms. The van der Waals surface area contributed by atoms with Crippen LogP contribution in [0.5, 0.6) is 0 Å². The SMILES string of the molecule is Cc1ccc(COC(=O)C(C)(COC(=O)OCC(C)(COC(=O)OCC(C)(CO)C(=O)OCc2ccccc2)C(=O)OCc2ccc(CSC(N)=[NH2+])cc2)COC(=O)OCC(C)(COC(=O)OCC(C)(CO)C(=O)OCc2ccccc2)C(=O)OCc2ccc(CSC(N)=[NH2+])cc2)cc1.[Cl-].[Cl-]. The molecule has 0 bridgehead atoms. The van der Waals surface area contributed by atoms with Crippen molar-refractivity contribution in [2.45, 2.75) is 86.1 Å². The number of aliphatic hydroxyl groups excluding tert-OH is 2. The van der Waals surface area contributed by atoms with Crippen molar-refractivity contribution in [3.05, 3.63) is 178 Å². The Bertz CT molecular complexity index is 3350. The number of aliphatic hydroxyl groups is 2. The number of ether oxygens (including phenoxy) is 13. The van der Waals surface area contributed by atoms with Gasteiger partial charge < -0.3 is 96.6 Å². The van der Waals surface area contributed by atoms with E-state index in [4.69, 9.17) is 83.9 Å². The van der Waals surface area contributed by atoms with Crippen LogP contribution in [0.1, 0.15) is 79.1 Å². The fraction of sp³-hybridized carbons (Fsp3) is 0.406. The lowest BCUT2D eigenvalue weighted by Gasteiger charge is -2.29. The van der Waals surface area contributed by atoms with Gasteiger partial charge >= 0.3 is 54.5 Å². The topological polar surface area (TPSA) is 417 Å². The Morgan fingerprint density at radius 3 is 0.752 bits per heavy atom. The van der Waals surface area contributed by atoms with E-state index in [0.717, 1.165) is 16.7 Å². The summed E-state index contributed by atoms with van der Waals surface area (Å²) in [5.41, 5.74) is 7.03. The van der Waals surface area contributed by atoms with Gasteiger partial charge in [0.15, 0.2) is 0 Å². The molecule has 550 valence electrons. The van der Waals surface area contributed by atoms with Gasteiger partial charge in [0.25, 0.3) is 10.3 Å². The highest BCUT2D eigenvalue weighted by Gasteiger charge is 2.45. The summed E-state index contributed by atoms with van der Waals surface area (Å²) in [6, 6.07) is 38.0. The smallest absolute Gasteiger partial charge is 0.508 e. The average Bonchev–Trinajstić information content (AvgIpc) is 0.865. The molecular weight excluding hydrogens is 1400 g/mol. The van der Waals surface area contributed by atoms with Crippen LogP contribution >= 0.6 is 23.5 Å². The van der Waals surface area contributed by atoms with Crippen LogP contribution in [0.3, 0.4) is 0 Å². The standard InChI is InChI=1S/C69H82N4O24S2.2ClH/c1-46-17-19-49(20-18-46)31-87-56(78)69(6,44-96-63(83)94-42-67(4,57(79)88-32-50-21-25-52(26-22-50)34-98-59(70)71)40-92-61(81)90-38-65(2,36-74)54(76)85-29-47-13-9-7-10-14-47)45-97-64(84)95-43-68(5,58(80)89-33-51-23-27-53(28-24-51)35-99-60(72)73)41-93-62(82)91-39-66(3,37-75)55(77)86-30-48-15-11-8-12-16-48;;/h7-28,74-75H,29-45H2,1-6H3,(H3,70,71)(H3,72,73);2*1H. The highest BCUT2D eigenvalue weighted by atomic mass is 35.5. The zero-order valence-electron chi connectivity index (χ0n) is 56.5. The predicted octanol–water partition coefficient (Wildman–Crippen LogP) is -0.737. The summed E-state index contributed by atoms with van der Waals surface area (Å²) in [5, 5.41) is 31.8. The monoisotopic (exact) mass is 1490 g/mol. The molecule has 5 aromatic carbocycles. The van der Waals surface area contributed by atoms with E-state index in [9.17, 15) is 53.4 Å². The van der Waals surface area contributed by atoms with Crippen molar-refractivity contribution in [3.63, 3.8) is 0 Å². The van der Waals surface area contributed by atoms with Gasteiger partial charge in [0.1, 0.15) is 113 Å². The Labute approximate surface area is 604 Å². The second kappa shape index (κ2) is 42.1. The normalized spacial score (nSPS) is 13.7. The van der Waals surface area contributed by atoms with E-state index in [1.54, 1.807) is 133 Å². The molecule has 0 aliphatic rings. The largest absolute Gasteiger partial charge is 1.00 e. The zero-order chi connectivity index (χ0) is 72.7. The molecule has 0 aromatic heterocycles. The van der Waals surface area contributed by atoms with Gasteiger partial charge in [-0.3, -0.25) is 46.3 Å². The highest BCUT2D eigenvalue weighted by Crippen LogP contribution is 2.29. The molecule has 10 N–H and O–H groups in total. The first-order valence-electron chi connectivity index (χ1n) is 30.6. The van der Waals surface area contributed by atoms with Crippen molar-refractivity contribution in [2.75, 3.05) is 66.1 Å². The third kappa shape index (κ3) is 29.4. The van der Waals surface area contributed by atoms with E-state index in [1.165, 1.54) is 58.1 Å². The molecule has 5 aromatic rings. The Kier molecular flexibility index (Phi) is 35.8. The number of benzene rings is 5. The van der Waals surface area contributed by atoms with Crippen LogP contribution < -0.4 is 47.1 Å². The summed E-state index contributed by atoms with van der Waals surface area (Å²) in [7, 11) is 0. The van der Waals surface area contributed by atoms with E-state index in [2.05, 4.69) is 0 Å². The minimum atomic E-state index is -2.08. The third-order valence-electron chi connectivity index (χ3n) is 14.7. The highest BCUT2D eigenvalue weighted by molar-refractivity contribution is 8.13. The van der Waals surface area contributed by atoms with E-state index in [0.29, 0.717) is 39.3 Å². The average molecular weight is 1490 g/mol. The minimum Gasteiger partial charge on any atom is -1.00 e. The summed E-state index contributed by atoms with van der Waals surface area (Å²) >= 11 is 2.42. The maximum atomic E-state index is 14.1. The molecule has 0 heterocycles. The van der Waals surface area contributed by atoms with Gasteiger partial charge in [-0.2, -0.15) is 0 Å². The van der Waals surface area contributed by atoms with E-state index >= 15 is 0 Å². The van der Waals surface area contributed by atoms with Crippen LogP contribution in [0.2, 0.25) is 0 Å². The number of hydrogen-bond acceptors (Lipinski definition) is 26. The van der Waals surface area contributed by atoms with Crippen molar-refractivity contribution < 1.29 is 151 Å². The van der Waals surface area contributed by atoms with Crippen molar-refractivity contribution >= 4 is 88.3 Å². The number of hydrogen-bond donors (Lipinski definition) is 6. The maximum absolute atomic E-state index is 14.1. The molecule has 0 fully saturated rings. The van der Waals surface area contributed by atoms with Gasteiger partial charge in [0.2, 0.25) is 0 Å². The predicted molar refractivity (Wildman–Crippen MR) is 355 cm³/mol. The number of carbonyl (C=O) groups excluding carboxylic acids is 9. The lowest BCUT2D eigenvalue weighted by atomic mass is 9.93. The Hall–Kier alpha value is -9.33. The molecule has 4 unspecified atom stereocenters. The molecule has 0 radical (unpaired) electrons. The van der Waals surface area contributed by atoms with Crippen molar-refractivity contribution in [2.24, 2.45) is 38.5 Å². The van der Waals surface area contributed by atoms with Crippen molar-refractivity contribution in [1.29, 1.82) is 0 Å². The van der Waals surface area contributed by atoms with E-state index in [1.807, 2.05) is 6.92 Å². The summed E-state index contributed by atoms with van der Waals surface area (Å²) in [6.45, 7) is -1.65. The number of halogens is 2. The summed E-state index contributed by atoms with van der Waals surface area (Å²) < 4.78 is 70.2. The van der Waals surface area contributed by atoms with Crippen molar-refractivity contribution in [3.8, 4) is 0 Å². The minimum absolute atomic E-state index is 0. The first kappa shape index (κ1) is 85.9. The maximum Gasteiger partial charge on any atom is 0.508 e. The fourth-order valence-electron chi connectivity index (χ4n) is 7.97. The lowest BCUT2D eigenvalue weighted by molar-refractivity contribution is -0.165. The molecule has 0 aliphatic heterocycles. The first-order chi connectivity index (χ1) is 47.0. The molecule has 0 aliphatic carbocycles. The third-order valence-corrected chi connectivity index (χ3v) is 16.4. The van der Waals surface area contributed by atoms with Crippen LogP contribution in [-0.4, -0.2) is 141 Å². The number of rotatable bonds is 37. The molecular formula is C69H84Cl2N4O24S2. The second-order valence-electron chi connectivity index (χ2n) is 24.3. The zero-order valence-corrected chi connectivity index (χ0v) is 59.6. The number of carbonyl (C=O) groups is 9. The Balaban J connectivity index is 0.0000133. The van der Waals surface area contributed by atoms with Crippen molar-refractivity contribution in [1.82, 2.24) is 0 Å². The lowest BCUT2D eigenvalue weighted by Crippen LogP contribution is -3.00. The Morgan fingerprint density at radius 2 is 0.525 bits per heavy atom. The molecule has 0 amide bonds. The number of esters is 5. The van der Waals surface area contributed by atoms with Gasteiger partial charge in [-0.1, -0.05) is 139 Å². The molecule has 5 rings (SSSR count). The molecule has 32 heteroatoms. The van der Waals surface area contributed by atoms with E-state index in [-0.39, 0.29) is 68.2 Å². The summed E-state index contributed by atoms with van der Waals surface area (Å²) in [6.07, 6.45) is -5.83. The first-order valence-corrected chi connectivity index (χ1v) is 32.5. The second-order valence-corrected chi connectivity index (χ2v) is 26.4. The number of nitrogens with two attached hydrogens (primary N) is 4. The van der Waals surface area contributed by atoms with Crippen LogP contribution in [0.15, 0.2) is 133 Å². The summed E-state index contributed by atoms with van der Waals surface area (Å²) in [4.78, 5) is 122. The molecule has 0 saturated carbocycles. The van der Waals surface area contributed by atoms with Crippen LogP contribution in [0.25, 0.3) is 0 Å². The van der Waals surface area contributed by atoms with Crippen LogP contribution in [0.4, 0.5) is 19.2 Å². The summed E-state index contributed by atoms with van der Waals surface area (Å²) in [5.74, 6) is -4.07. The van der Waals surface area contributed by atoms with Gasteiger partial charge in [-0.25, -0.2) is 19.2 Å². The van der Waals surface area contributed by atoms with Gasteiger partial charge in [-0.05, 0) is 104 Å². The number of amidine groups is 2. The quantitative estimate of drug-likeness (QED) is 0.0123. The molecule has 0 saturated heterocycles. The van der Waals surface area contributed by atoms with Gasteiger partial charge in [0.05, 0.1) is 13.2 Å². The Morgan fingerprint density at radius 1 is 0.327 bits per heavy atom.